The summed E-state index contributed by atoms with van der Waals surface area (Å²) in [6.45, 7) is 1.84. The molecule has 2 aliphatic rings. The number of carbonyl (C=O) groups is 1. The predicted octanol–water partition coefficient (Wildman–Crippen LogP) is 2.92. The van der Waals surface area contributed by atoms with E-state index in [1.807, 2.05) is 25.9 Å². The second-order valence-electron chi connectivity index (χ2n) is 7.00. The number of benzene rings is 1. The first-order valence-corrected chi connectivity index (χ1v) is 10.3. The van der Waals surface area contributed by atoms with E-state index in [4.69, 9.17) is 11.6 Å². The average Bonchev–Trinajstić information content (AvgIpc) is 2.57. The van der Waals surface area contributed by atoms with Crippen LogP contribution in [0.25, 0.3) is 0 Å². The Morgan fingerprint density at radius 1 is 1.20 bits per heavy atom. The lowest BCUT2D eigenvalue weighted by atomic mass is 9.77. The van der Waals surface area contributed by atoms with Gasteiger partial charge in [0.1, 0.15) is 0 Å². The Bertz CT molecular complexity index is 802. The van der Waals surface area contributed by atoms with Gasteiger partial charge in [-0.05, 0) is 43.5 Å². The molecular formula is C18H23ClN2O3S. The zero-order valence-corrected chi connectivity index (χ0v) is 16.2. The first kappa shape index (κ1) is 18.4. The van der Waals surface area contributed by atoms with E-state index in [1.54, 1.807) is 22.6 Å². The first-order chi connectivity index (χ1) is 11.7. The van der Waals surface area contributed by atoms with Crippen LogP contribution in [0.15, 0.2) is 40.9 Å². The van der Waals surface area contributed by atoms with Crippen molar-refractivity contribution in [2.75, 3.05) is 14.1 Å². The molecule has 3 unspecified atom stereocenters. The second kappa shape index (κ2) is 6.74. The topological polar surface area (TPSA) is 57.7 Å². The van der Waals surface area contributed by atoms with E-state index < -0.39 is 16.1 Å². The highest BCUT2D eigenvalue weighted by molar-refractivity contribution is 7.89. The maximum atomic E-state index is 13.3. The van der Waals surface area contributed by atoms with Gasteiger partial charge in [0.25, 0.3) is 0 Å². The number of sulfonamides is 1. The summed E-state index contributed by atoms with van der Waals surface area (Å²) >= 11 is 5.90. The first-order valence-electron chi connectivity index (χ1n) is 8.45. The van der Waals surface area contributed by atoms with Gasteiger partial charge in [0, 0.05) is 42.9 Å². The Hall–Kier alpha value is -1.37. The quantitative estimate of drug-likeness (QED) is 0.754. The van der Waals surface area contributed by atoms with E-state index >= 15 is 0 Å². The molecule has 2 heterocycles. The number of carbonyl (C=O) groups excluding carboxylic acids is 1. The van der Waals surface area contributed by atoms with Crippen molar-refractivity contribution >= 4 is 27.4 Å². The van der Waals surface area contributed by atoms with Gasteiger partial charge in [0.15, 0.2) is 5.78 Å². The molecule has 0 amide bonds. The minimum atomic E-state index is -3.70. The van der Waals surface area contributed by atoms with Crippen LogP contribution < -0.4 is 0 Å². The molecule has 5 nitrogen and oxygen atoms in total. The summed E-state index contributed by atoms with van der Waals surface area (Å²) in [7, 11) is -0.00967. The average molecular weight is 383 g/mol. The third kappa shape index (κ3) is 3.23. The molecular weight excluding hydrogens is 360 g/mol. The lowest BCUT2D eigenvalue weighted by molar-refractivity contribution is -0.124. The maximum Gasteiger partial charge on any atom is 0.243 e. The maximum absolute atomic E-state index is 13.3. The highest BCUT2D eigenvalue weighted by Crippen LogP contribution is 2.41. The summed E-state index contributed by atoms with van der Waals surface area (Å²) in [6, 6.07) is 5.54. The van der Waals surface area contributed by atoms with Crippen LogP contribution in [0.4, 0.5) is 0 Å². The number of hydrogen-bond acceptors (Lipinski definition) is 4. The lowest BCUT2D eigenvalue weighted by Crippen LogP contribution is -2.59. The second-order valence-corrected chi connectivity index (χ2v) is 9.28. The molecule has 3 rings (SSSR count). The number of rotatable bonds is 3. The van der Waals surface area contributed by atoms with Crippen LogP contribution in [0, 0.1) is 5.92 Å². The molecule has 2 aliphatic heterocycles. The fourth-order valence-electron chi connectivity index (χ4n) is 3.87. The van der Waals surface area contributed by atoms with Crippen LogP contribution in [0.1, 0.15) is 26.2 Å². The molecule has 0 radical (unpaired) electrons. The molecule has 0 saturated carbocycles. The summed E-state index contributed by atoms with van der Waals surface area (Å²) in [5, 5.41) is 0.495. The number of fused-ring (bicyclic) bond motifs is 2. The Morgan fingerprint density at radius 3 is 2.44 bits per heavy atom. The van der Waals surface area contributed by atoms with Gasteiger partial charge in [-0.2, -0.15) is 4.31 Å². The standard InChI is InChI=1S/C18H23ClN2O3S/c1-12-16-5-4-6-17(15(18(12)22)11-20(2)3)21(16)25(23,24)14-9-7-13(19)8-10-14/h7-12,16-17H,4-6H2,1-3H3. The Balaban J connectivity index is 2.10. The molecule has 136 valence electrons. The van der Waals surface area contributed by atoms with Crippen molar-refractivity contribution in [1.82, 2.24) is 9.21 Å². The van der Waals surface area contributed by atoms with Crippen LogP contribution in [0.2, 0.25) is 5.02 Å². The highest BCUT2D eigenvalue weighted by Gasteiger charge is 2.50. The molecule has 2 saturated heterocycles. The van der Waals surface area contributed by atoms with E-state index in [1.165, 1.54) is 12.1 Å². The van der Waals surface area contributed by atoms with E-state index in [2.05, 4.69) is 0 Å². The summed E-state index contributed by atoms with van der Waals surface area (Å²) in [6.07, 6.45) is 4.08. The van der Waals surface area contributed by atoms with E-state index in [0.717, 1.165) is 6.42 Å². The molecule has 0 spiro atoms. The van der Waals surface area contributed by atoms with Crippen LogP contribution in [0.3, 0.4) is 0 Å². The number of nitrogens with zero attached hydrogens (tertiary/aromatic N) is 2. The van der Waals surface area contributed by atoms with Gasteiger partial charge < -0.3 is 4.90 Å². The molecule has 1 aromatic carbocycles. The lowest BCUT2D eigenvalue weighted by Gasteiger charge is -2.48. The monoisotopic (exact) mass is 382 g/mol. The van der Waals surface area contributed by atoms with Gasteiger partial charge in [-0.15, -0.1) is 0 Å². The van der Waals surface area contributed by atoms with Crippen LogP contribution in [0.5, 0.6) is 0 Å². The van der Waals surface area contributed by atoms with Crippen LogP contribution in [-0.2, 0) is 14.8 Å². The summed E-state index contributed by atoms with van der Waals surface area (Å²) in [5.74, 6) is -0.282. The number of hydrogen-bond donors (Lipinski definition) is 0. The zero-order chi connectivity index (χ0) is 18.4. The number of ketones is 1. The summed E-state index contributed by atoms with van der Waals surface area (Å²) < 4.78 is 28.2. The van der Waals surface area contributed by atoms with Gasteiger partial charge in [-0.1, -0.05) is 18.5 Å². The minimum Gasteiger partial charge on any atom is -0.383 e. The number of halogens is 1. The fraction of sp³-hybridized carbons (Fsp3) is 0.500. The fourth-order valence-corrected chi connectivity index (χ4v) is 5.92. The van der Waals surface area contributed by atoms with Gasteiger partial charge in [0.2, 0.25) is 10.0 Å². The SMILES string of the molecule is CC1C(=O)C(=CN(C)C)C2CCCC1N2S(=O)(=O)c1ccc(Cl)cc1. The molecule has 2 bridgehead atoms. The molecule has 0 N–H and O–H groups in total. The molecule has 1 aromatic rings. The van der Waals surface area contributed by atoms with Crippen molar-refractivity contribution in [3.05, 3.63) is 41.1 Å². The molecule has 0 aromatic heterocycles. The summed E-state index contributed by atoms with van der Waals surface area (Å²) in [5.41, 5.74) is 0.589. The highest BCUT2D eigenvalue weighted by atomic mass is 35.5. The van der Waals surface area contributed by atoms with E-state index in [-0.39, 0.29) is 22.6 Å². The molecule has 0 aliphatic carbocycles. The third-order valence-electron chi connectivity index (χ3n) is 5.03. The van der Waals surface area contributed by atoms with Gasteiger partial charge in [-0.3, -0.25) is 4.79 Å². The Kier molecular flexibility index (Phi) is 4.97. The van der Waals surface area contributed by atoms with Crippen molar-refractivity contribution in [2.45, 2.75) is 43.2 Å². The van der Waals surface area contributed by atoms with Crippen molar-refractivity contribution in [3.8, 4) is 0 Å². The van der Waals surface area contributed by atoms with Gasteiger partial charge in [0.05, 0.1) is 10.9 Å². The predicted molar refractivity (Wildman–Crippen MR) is 97.8 cm³/mol. The number of piperidine rings is 2. The molecule has 2 fully saturated rings. The third-order valence-corrected chi connectivity index (χ3v) is 7.23. The normalized spacial score (nSPS) is 29.0. The van der Waals surface area contributed by atoms with Crippen molar-refractivity contribution in [2.24, 2.45) is 5.92 Å². The smallest absolute Gasteiger partial charge is 0.243 e. The largest absolute Gasteiger partial charge is 0.383 e. The number of Topliss-reactive ketones (excluding diaryl/α,β-unsaturated/α-hetero) is 1. The van der Waals surface area contributed by atoms with Gasteiger partial charge in [-0.25, -0.2) is 8.42 Å². The molecule has 7 heteroatoms. The molecule has 25 heavy (non-hydrogen) atoms. The van der Waals surface area contributed by atoms with Gasteiger partial charge >= 0.3 is 0 Å². The molecule has 3 atom stereocenters. The zero-order valence-electron chi connectivity index (χ0n) is 14.6. The van der Waals surface area contributed by atoms with E-state index in [0.29, 0.717) is 23.4 Å². The van der Waals surface area contributed by atoms with Crippen molar-refractivity contribution < 1.29 is 13.2 Å². The van der Waals surface area contributed by atoms with Crippen molar-refractivity contribution in [3.63, 3.8) is 0 Å². The van der Waals surface area contributed by atoms with E-state index in [9.17, 15) is 13.2 Å². The van der Waals surface area contributed by atoms with Crippen molar-refractivity contribution in [1.29, 1.82) is 0 Å². The summed E-state index contributed by atoms with van der Waals surface area (Å²) in [4.78, 5) is 14.8. The Morgan fingerprint density at radius 2 is 1.84 bits per heavy atom. The minimum absolute atomic E-state index is 0.0611. The van der Waals surface area contributed by atoms with Crippen LogP contribution >= 0.6 is 11.6 Å². The Labute approximate surface area is 154 Å². The van der Waals surface area contributed by atoms with Crippen LogP contribution in [-0.4, -0.2) is 49.6 Å².